The van der Waals surface area contributed by atoms with Gasteiger partial charge in [-0.2, -0.15) is 8.42 Å². The topological polar surface area (TPSA) is 54.4 Å². The largest absolute Gasteiger partial charge is 0.290 e. The Morgan fingerprint density at radius 1 is 1.14 bits per heavy atom. The normalized spacial score (nSPS) is 13.6. The second-order valence-corrected chi connectivity index (χ2v) is 4.58. The van der Waals surface area contributed by atoms with Gasteiger partial charge >= 0.3 is 0 Å². The molecule has 0 aliphatic carbocycles. The van der Waals surface area contributed by atoms with E-state index in [-0.39, 0.29) is 4.91 Å². The Balaban J connectivity index is 3.26. The van der Waals surface area contributed by atoms with Crippen LogP contribution in [0, 0.1) is 0 Å². The molecule has 1 aromatic rings. The molecular weight excluding hydrogens is 200 g/mol. The molecule has 0 heterocycles. The highest BCUT2D eigenvalue weighted by Crippen LogP contribution is 2.20. The van der Waals surface area contributed by atoms with Crippen molar-refractivity contribution in [2.24, 2.45) is 0 Å². The lowest BCUT2D eigenvalue weighted by atomic mass is 10.1. The molecule has 76 valence electrons. The van der Waals surface area contributed by atoms with Crippen molar-refractivity contribution in [2.75, 3.05) is 0 Å². The van der Waals surface area contributed by atoms with Crippen LogP contribution in [0.5, 0.6) is 0 Å². The maximum atomic E-state index is 10.8. The lowest BCUT2D eigenvalue weighted by molar-refractivity contribution is 0.491. The van der Waals surface area contributed by atoms with Crippen LogP contribution in [0.15, 0.2) is 35.2 Å². The van der Waals surface area contributed by atoms with Crippen molar-refractivity contribution in [3.8, 4) is 0 Å². The molecule has 0 fully saturated rings. The average Bonchev–Trinajstić information content (AvgIpc) is 2.15. The first kappa shape index (κ1) is 10.9. The minimum Gasteiger partial charge on any atom is -0.282 e. The van der Waals surface area contributed by atoms with Crippen molar-refractivity contribution >= 4 is 15.7 Å². The van der Waals surface area contributed by atoms with Gasteiger partial charge in [0, 0.05) is 0 Å². The lowest BCUT2D eigenvalue weighted by Gasteiger charge is -2.04. The third-order valence-corrected chi connectivity index (χ3v) is 3.20. The van der Waals surface area contributed by atoms with E-state index in [9.17, 15) is 8.42 Å². The Morgan fingerprint density at radius 3 is 2.07 bits per heavy atom. The lowest BCUT2D eigenvalue weighted by Crippen LogP contribution is -2.00. The molecule has 0 saturated heterocycles. The van der Waals surface area contributed by atoms with Crippen LogP contribution in [0.1, 0.15) is 19.4 Å². The molecule has 0 aliphatic heterocycles. The predicted molar refractivity (Wildman–Crippen MR) is 56.3 cm³/mol. The molecule has 14 heavy (non-hydrogen) atoms. The Hall–Kier alpha value is -1.13. The smallest absolute Gasteiger partial charge is 0.282 e. The molecule has 1 rings (SSSR count). The van der Waals surface area contributed by atoms with Crippen LogP contribution in [-0.4, -0.2) is 13.0 Å². The van der Waals surface area contributed by atoms with Crippen LogP contribution in [0.4, 0.5) is 0 Å². The van der Waals surface area contributed by atoms with Crippen LogP contribution in [0.25, 0.3) is 5.57 Å². The molecule has 0 unspecified atom stereocenters. The summed E-state index contributed by atoms with van der Waals surface area (Å²) in [6.45, 7) is 3.05. The molecule has 0 atom stereocenters. The first-order valence-corrected chi connectivity index (χ1v) is 5.57. The van der Waals surface area contributed by atoms with Crippen molar-refractivity contribution in [1.29, 1.82) is 0 Å². The maximum Gasteiger partial charge on any atom is 0.290 e. The zero-order valence-electron chi connectivity index (χ0n) is 8.06. The van der Waals surface area contributed by atoms with Gasteiger partial charge in [-0.05, 0) is 25.0 Å². The Morgan fingerprint density at radius 2 is 1.64 bits per heavy atom. The zero-order chi connectivity index (χ0) is 10.8. The fraction of sp³-hybridized carbons (Fsp3) is 0.200. The van der Waals surface area contributed by atoms with E-state index in [0.29, 0.717) is 5.57 Å². The summed E-state index contributed by atoms with van der Waals surface area (Å²) in [5, 5.41) is 0. The number of hydrogen-bond donors (Lipinski definition) is 1. The molecule has 0 bridgehead atoms. The highest BCUT2D eigenvalue weighted by Gasteiger charge is 2.12. The molecule has 0 radical (unpaired) electrons. The van der Waals surface area contributed by atoms with E-state index in [4.69, 9.17) is 4.55 Å². The van der Waals surface area contributed by atoms with Gasteiger partial charge in [0.05, 0.1) is 4.91 Å². The fourth-order valence-corrected chi connectivity index (χ4v) is 1.59. The van der Waals surface area contributed by atoms with E-state index in [2.05, 4.69) is 0 Å². The van der Waals surface area contributed by atoms with E-state index in [0.717, 1.165) is 5.56 Å². The second-order valence-electron chi connectivity index (χ2n) is 3.02. The van der Waals surface area contributed by atoms with Crippen LogP contribution in [-0.2, 0) is 10.1 Å². The SMILES string of the molecule is CC(=C(C)S(=O)(=O)O)c1ccccc1. The van der Waals surface area contributed by atoms with Gasteiger partial charge in [-0.3, -0.25) is 4.55 Å². The standard InChI is InChI=1S/C10H12O3S/c1-8(9(2)14(11,12)13)10-6-4-3-5-7-10/h3-7H,1-2H3,(H,11,12,13). The number of rotatable bonds is 2. The van der Waals surface area contributed by atoms with Gasteiger partial charge in [0.2, 0.25) is 0 Å². The minimum absolute atomic E-state index is 0.0105. The van der Waals surface area contributed by atoms with E-state index in [1.165, 1.54) is 6.92 Å². The average molecular weight is 212 g/mol. The summed E-state index contributed by atoms with van der Waals surface area (Å²) < 4.78 is 30.5. The molecule has 0 aromatic heterocycles. The highest BCUT2D eigenvalue weighted by molar-refractivity contribution is 7.90. The van der Waals surface area contributed by atoms with Crippen LogP contribution in [0.3, 0.4) is 0 Å². The van der Waals surface area contributed by atoms with Crippen molar-refractivity contribution in [1.82, 2.24) is 0 Å². The van der Waals surface area contributed by atoms with Gasteiger partial charge in [0.1, 0.15) is 0 Å². The molecule has 1 aromatic carbocycles. The molecule has 3 nitrogen and oxygen atoms in total. The molecule has 0 saturated carbocycles. The van der Waals surface area contributed by atoms with Gasteiger partial charge < -0.3 is 0 Å². The fourth-order valence-electron chi connectivity index (χ4n) is 1.08. The molecule has 0 amide bonds. The summed E-state index contributed by atoms with van der Waals surface area (Å²) in [6, 6.07) is 9.07. The van der Waals surface area contributed by atoms with Crippen LogP contribution in [0.2, 0.25) is 0 Å². The molecular formula is C10H12O3S. The maximum absolute atomic E-state index is 10.8. The summed E-state index contributed by atoms with van der Waals surface area (Å²) in [7, 11) is -4.07. The summed E-state index contributed by atoms with van der Waals surface area (Å²) in [4.78, 5) is -0.0105. The summed E-state index contributed by atoms with van der Waals surface area (Å²) in [6.07, 6.45) is 0. The van der Waals surface area contributed by atoms with Crippen LogP contribution < -0.4 is 0 Å². The van der Waals surface area contributed by atoms with E-state index >= 15 is 0 Å². The van der Waals surface area contributed by atoms with Crippen molar-refractivity contribution in [3.05, 3.63) is 40.8 Å². The first-order chi connectivity index (χ1) is 6.43. The third kappa shape index (κ3) is 2.43. The van der Waals surface area contributed by atoms with Crippen molar-refractivity contribution < 1.29 is 13.0 Å². The van der Waals surface area contributed by atoms with E-state index < -0.39 is 10.1 Å². The predicted octanol–water partition coefficient (Wildman–Crippen LogP) is 2.33. The number of benzene rings is 1. The van der Waals surface area contributed by atoms with Gasteiger partial charge in [0.15, 0.2) is 0 Å². The third-order valence-electron chi connectivity index (χ3n) is 2.12. The van der Waals surface area contributed by atoms with Gasteiger partial charge in [-0.25, -0.2) is 0 Å². The summed E-state index contributed by atoms with van der Waals surface area (Å²) in [5.74, 6) is 0. The Bertz CT molecular complexity index is 444. The second kappa shape index (κ2) is 3.94. The quantitative estimate of drug-likeness (QED) is 0.765. The number of hydrogen-bond acceptors (Lipinski definition) is 2. The van der Waals surface area contributed by atoms with E-state index in [1.807, 2.05) is 18.2 Å². The Kier molecular flexibility index (Phi) is 3.08. The monoisotopic (exact) mass is 212 g/mol. The Labute approximate surface area is 83.8 Å². The van der Waals surface area contributed by atoms with Crippen LogP contribution >= 0.6 is 0 Å². The zero-order valence-corrected chi connectivity index (χ0v) is 8.88. The van der Waals surface area contributed by atoms with Gasteiger partial charge in [0.25, 0.3) is 10.1 Å². The molecule has 0 spiro atoms. The number of allylic oxidation sites excluding steroid dienone is 2. The van der Waals surface area contributed by atoms with Gasteiger partial charge in [-0.1, -0.05) is 30.3 Å². The van der Waals surface area contributed by atoms with E-state index in [1.54, 1.807) is 19.1 Å². The minimum atomic E-state index is -4.07. The molecule has 1 N–H and O–H groups in total. The van der Waals surface area contributed by atoms with Crippen molar-refractivity contribution in [3.63, 3.8) is 0 Å². The summed E-state index contributed by atoms with van der Waals surface area (Å²) in [5.41, 5.74) is 1.36. The molecule has 0 aliphatic rings. The van der Waals surface area contributed by atoms with Gasteiger partial charge in [-0.15, -0.1) is 0 Å². The summed E-state index contributed by atoms with van der Waals surface area (Å²) >= 11 is 0. The van der Waals surface area contributed by atoms with Crippen molar-refractivity contribution in [2.45, 2.75) is 13.8 Å². The first-order valence-electron chi connectivity index (χ1n) is 4.13. The highest BCUT2D eigenvalue weighted by atomic mass is 32.2. The molecule has 4 heteroatoms.